The number of alkyl halides is 6. The van der Waals surface area contributed by atoms with Gasteiger partial charge in [0.1, 0.15) is 61.0 Å². The molecule has 0 bridgehead atoms. The highest BCUT2D eigenvalue weighted by molar-refractivity contribution is 5.72. The Kier molecular flexibility index (Phi) is 24.5. The standard InChI is InChI=1S/2C9H11F2N3O2.C9H10F2N2O3.C9H14FN5O.C9H12FN3O2.C9H11FN2O3/c10-5-2-14(9(16)13-8(5)12)6-1-4(3-15)7(6)11;10-5-2-13-9(14-8(5)12)16-6-1-4(3-15)7(6)11;10-5-2-13(9(16)12-8(5)15)6-1-4(3-14)7(6)11;10-6-4(2-16)1-5(6)15-9-7(11)8(12)13-3-14-9;10-8-5(4-14)3-6(8)13-2-1-7(11)12-9(13)15;10-8-5(4-13)3-6(8)12-2-1-7(14)11-9(12)15/h2,4,6-7,15H,1,3H2,(H2,12,13,16);2,4,6-7,15H,1,3H2,(H2,12,13,14);2,4,6-7,14H,1,3H2,(H,12,15,16);3-6,16H,1-2,11H2,(H3,12,13,14,15);1-2,5-6,8,14H,3-4H2,(H2,11,12,15);1-2,5-6,8,13H,3-4H2,(H,11,14,15)/t3*4-,6-,7?;4-,5-,6?;2*5-,6-,8?/m111111/s1. The minimum absolute atomic E-state index is 0.129. The van der Waals surface area contributed by atoms with Gasteiger partial charge in [-0.1, -0.05) is 0 Å². The molecule has 40 heteroatoms. The molecule has 6 fully saturated rings. The lowest BCUT2D eigenvalue weighted by Gasteiger charge is -2.39. The molecule has 516 valence electrons. The molecule has 0 amide bonds. The molecule has 12 rings (SSSR count). The van der Waals surface area contributed by atoms with Crippen molar-refractivity contribution in [2.75, 3.05) is 73.6 Å². The van der Waals surface area contributed by atoms with Crippen molar-refractivity contribution in [3.63, 3.8) is 0 Å². The van der Waals surface area contributed by atoms with Crippen LogP contribution in [0.4, 0.5) is 74.3 Å². The third kappa shape index (κ3) is 16.5. The first-order chi connectivity index (χ1) is 44.6. The summed E-state index contributed by atoms with van der Waals surface area (Å²) in [5.74, 6) is -5.36. The second kappa shape index (κ2) is 31.8. The Morgan fingerprint density at radius 1 is 0.500 bits per heavy atom. The van der Waals surface area contributed by atoms with Crippen molar-refractivity contribution in [1.29, 1.82) is 0 Å². The number of aromatic nitrogens is 12. The van der Waals surface area contributed by atoms with Gasteiger partial charge in [-0.25, -0.2) is 69.3 Å². The van der Waals surface area contributed by atoms with Crippen LogP contribution in [0.25, 0.3) is 0 Å². The number of H-pyrrole nitrogens is 2. The molecule has 0 aliphatic heterocycles. The predicted octanol–water partition coefficient (Wildman–Crippen LogP) is -1.36. The zero-order valence-corrected chi connectivity index (χ0v) is 49.3. The first-order valence-corrected chi connectivity index (χ1v) is 28.9. The van der Waals surface area contributed by atoms with Crippen molar-refractivity contribution in [2.45, 2.75) is 112 Å². The molecule has 6 aromatic rings. The van der Waals surface area contributed by atoms with Gasteiger partial charge in [-0.2, -0.15) is 19.3 Å². The molecule has 6 aliphatic rings. The molecule has 6 unspecified atom stereocenters. The number of aliphatic hydroxyl groups is 6. The van der Waals surface area contributed by atoms with Gasteiger partial charge in [0.15, 0.2) is 34.9 Å². The van der Waals surface area contributed by atoms with E-state index in [0.29, 0.717) is 44.1 Å². The van der Waals surface area contributed by atoms with Crippen LogP contribution >= 0.6 is 0 Å². The summed E-state index contributed by atoms with van der Waals surface area (Å²) in [4.78, 5) is 92.0. The van der Waals surface area contributed by atoms with E-state index in [1.807, 2.05) is 0 Å². The molecule has 6 heterocycles. The maximum Gasteiger partial charge on any atom is 0.350 e. The van der Waals surface area contributed by atoms with Gasteiger partial charge >= 0.3 is 28.8 Å². The number of halogens is 9. The molecular weight excluding hydrogens is 1280 g/mol. The van der Waals surface area contributed by atoms with Gasteiger partial charge in [0.05, 0.1) is 42.6 Å². The molecule has 0 radical (unpaired) electrons. The van der Waals surface area contributed by atoms with Crippen LogP contribution in [0.2, 0.25) is 0 Å². The molecule has 6 aromatic heterocycles. The number of hydrogen-bond donors (Lipinski definition) is 14. The number of aliphatic hydroxyl groups excluding tert-OH is 6. The molecule has 94 heavy (non-hydrogen) atoms. The van der Waals surface area contributed by atoms with Crippen LogP contribution in [0.5, 0.6) is 6.01 Å². The van der Waals surface area contributed by atoms with Gasteiger partial charge in [-0.05, 0) is 44.6 Å². The van der Waals surface area contributed by atoms with Crippen LogP contribution in [-0.4, -0.2) is 178 Å². The lowest BCUT2D eigenvalue weighted by molar-refractivity contribution is -0.0613. The molecule has 0 spiro atoms. The SMILES string of the molecule is Nc1ccn([C@@H]2C[C@H](CO)C2F)c(=O)n1.Nc1nc(=O)n([C@@H]2C[C@H](CO)C2F)cc1F.Nc1nc(O[C@@H]2C[C@H](CO)C2F)ncc1F.Nc1ncnc(N[C@@H]2C[C@H](CO)C2F)c1N.O=c1[nH]c(=O)n([C@@H]2C[C@H](CO)C2F)cc1F.O=c1ccn([C@@H]2C[C@H](CO)C2F)c(=O)[nH]1. The summed E-state index contributed by atoms with van der Waals surface area (Å²) >= 11 is 0. The van der Waals surface area contributed by atoms with Crippen molar-refractivity contribution in [1.82, 2.24) is 58.1 Å². The first-order valence-electron chi connectivity index (χ1n) is 28.9. The molecule has 19 N–H and O–H groups in total. The maximum atomic E-state index is 13.4. The number of ether oxygens (including phenoxy) is 1. The van der Waals surface area contributed by atoms with E-state index in [1.54, 1.807) is 4.98 Å². The summed E-state index contributed by atoms with van der Waals surface area (Å²) in [5, 5.41) is 55.4. The van der Waals surface area contributed by atoms with Gasteiger partial charge in [0.25, 0.3) is 11.1 Å². The summed E-state index contributed by atoms with van der Waals surface area (Å²) in [5.41, 5.74) is 22.6. The monoisotopic (exact) mass is 1350 g/mol. The Morgan fingerprint density at radius 2 is 0.968 bits per heavy atom. The normalized spacial score (nSPS) is 29.1. The van der Waals surface area contributed by atoms with E-state index >= 15 is 0 Å². The fourth-order valence-corrected chi connectivity index (χ4v) is 10.5. The Balaban J connectivity index is 0.000000160. The van der Waals surface area contributed by atoms with Gasteiger partial charge in [0, 0.05) is 99.8 Å². The lowest BCUT2D eigenvalue weighted by atomic mass is 9.78. The topological polar surface area (TPSA) is 504 Å². The van der Waals surface area contributed by atoms with Crippen molar-refractivity contribution in [3.05, 3.63) is 130 Å². The van der Waals surface area contributed by atoms with Crippen LogP contribution in [0, 0.1) is 53.0 Å². The quantitative estimate of drug-likeness (QED) is 0.0560. The summed E-state index contributed by atoms with van der Waals surface area (Å²) < 4.78 is 128. The number of hydrogen-bond acceptors (Lipinski definition) is 25. The Morgan fingerprint density at radius 3 is 1.47 bits per heavy atom. The molecule has 6 aliphatic carbocycles. The summed E-state index contributed by atoms with van der Waals surface area (Å²) in [6.45, 7) is -1.34. The average molecular weight is 1350 g/mol. The number of nitrogens with two attached hydrogens (primary N) is 5. The minimum atomic E-state index is -1.40. The number of nitrogens with zero attached hydrogens (tertiary/aromatic N) is 10. The van der Waals surface area contributed by atoms with E-state index < -0.39 is 148 Å². The Labute approximate surface area is 523 Å². The number of aromatic amines is 2. The van der Waals surface area contributed by atoms with Crippen LogP contribution in [-0.2, 0) is 0 Å². The molecular formula is C54H69F9N18O13. The van der Waals surface area contributed by atoms with Gasteiger partial charge in [0.2, 0.25) is 5.82 Å². The van der Waals surface area contributed by atoms with Gasteiger partial charge in [-0.15, -0.1) is 0 Å². The van der Waals surface area contributed by atoms with E-state index in [9.17, 15) is 68.3 Å². The fourth-order valence-electron chi connectivity index (χ4n) is 10.5. The highest BCUT2D eigenvalue weighted by Gasteiger charge is 2.47. The highest BCUT2D eigenvalue weighted by atomic mass is 19.2. The number of nitrogen functional groups attached to an aromatic ring is 5. The highest BCUT2D eigenvalue weighted by Crippen LogP contribution is 2.43. The minimum Gasteiger partial charge on any atom is -0.457 e. The van der Waals surface area contributed by atoms with Crippen molar-refractivity contribution in [2.24, 2.45) is 35.5 Å². The van der Waals surface area contributed by atoms with E-state index in [1.165, 1.54) is 35.4 Å². The molecule has 0 aromatic carbocycles. The first kappa shape index (κ1) is 72.4. The Bertz CT molecular complexity index is 3910. The number of rotatable bonds is 14. The molecule has 0 saturated heterocycles. The number of anilines is 6. The summed E-state index contributed by atoms with van der Waals surface area (Å²) in [6.07, 6.45) is 0.608. The zero-order chi connectivity index (χ0) is 69.2. The van der Waals surface area contributed by atoms with Crippen molar-refractivity contribution in [3.8, 4) is 6.01 Å². The summed E-state index contributed by atoms with van der Waals surface area (Å²) in [6, 6.07) is -0.518. The molecule has 18 atom stereocenters. The fraction of sp³-hybridized carbons (Fsp3) is 0.556. The van der Waals surface area contributed by atoms with Crippen LogP contribution in [0.15, 0.2) is 78.2 Å². The van der Waals surface area contributed by atoms with Crippen LogP contribution in [0.1, 0.15) is 62.7 Å². The van der Waals surface area contributed by atoms with E-state index in [0.717, 1.165) is 26.1 Å². The lowest BCUT2D eigenvalue weighted by Crippen LogP contribution is -2.50. The molecule has 31 nitrogen and oxygen atoms in total. The van der Waals surface area contributed by atoms with Gasteiger partial charge < -0.3 is 69.4 Å². The van der Waals surface area contributed by atoms with E-state index in [2.05, 4.69) is 40.2 Å². The van der Waals surface area contributed by atoms with Gasteiger partial charge in [-0.3, -0.25) is 37.8 Å². The summed E-state index contributed by atoms with van der Waals surface area (Å²) in [7, 11) is 0. The third-order valence-electron chi connectivity index (χ3n) is 16.8. The zero-order valence-electron chi connectivity index (χ0n) is 49.3. The van der Waals surface area contributed by atoms with E-state index in [-0.39, 0.29) is 93.1 Å². The maximum absolute atomic E-state index is 13.4. The Hall–Kier alpha value is -8.99. The average Bonchev–Trinajstić information content (AvgIpc) is 0.807. The van der Waals surface area contributed by atoms with Crippen LogP contribution in [0.3, 0.4) is 0 Å². The second-order valence-corrected chi connectivity index (χ2v) is 22.7. The molecule has 6 saturated carbocycles. The van der Waals surface area contributed by atoms with Crippen molar-refractivity contribution >= 4 is 34.8 Å². The largest absolute Gasteiger partial charge is 0.457 e. The third-order valence-corrected chi connectivity index (χ3v) is 16.8. The number of nitrogens with one attached hydrogen (secondary N) is 3. The van der Waals surface area contributed by atoms with Crippen molar-refractivity contribution < 1.29 is 74.9 Å². The predicted molar refractivity (Wildman–Crippen MR) is 314 cm³/mol. The van der Waals surface area contributed by atoms with E-state index in [4.69, 9.17) is 64.0 Å². The van der Waals surface area contributed by atoms with Crippen LogP contribution < -0.4 is 72.6 Å². The smallest absolute Gasteiger partial charge is 0.350 e. The second-order valence-electron chi connectivity index (χ2n) is 22.7.